The third-order valence-electron chi connectivity index (χ3n) is 5.51. The van der Waals surface area contributed by atoms with Gasteiger partial charge in [0.25, 0.3) is 0 Å². The second-order valence-corrected chi connectivity index (χ2v) is 8.80. The lowest BCUT2D eigenvalue weighted by Gasteiger charge is -2.22. The van der Waals surface area contributed by atoms with Gasteiger partial charge in [-0.1, -0.05) is 24.4 Å². The molecule has 1 atom stereocenters. The lowest BCUT2D eigenvalue weighted by molar-refractivity contribution is -0.753. The molecular weight excluding hydrogens is 561 g/mol. The number of nitrogens with zero attached hydrogens (tertiary/aromatic N) is 4. The third kappa shape index (κ3) is 13.7. The minimum atomic E-state index is -0.792. The Hall–Kier alpha value is -3.30. The zero-order chi connectivity index (χ0) is 28.3. The van der Waals surface area contributed by atoms with Crippen LogP contribution in [0, 0.1) is 11.5 Å². The van der Waals surface area contributed by atoms with Crippen LogP contribution in [0.25, 0.3) is 0 Å². The lowest BCUT2D eigenvalue weighted by Crippen LogP contribution is -3.00. The molecule has 0 spiro atoms. The number of hydrogen-bond donors (Lipinski definition) is 1. The number of unbranched alkanes of at least 4 members (excludes halogenated alkanes) is 3. The number of methoxy groups -OCH3 is 1. The Morgan fingerprint density at radius 3 is 2.40 bits per heavy atom. The highest BCUT2D eigenvalue weighted by molar-refractivity contribution is 6.30. The van der Waals surface area contributed by atoms with E-state index >= 15 is 0 Å². The zero-order valence-corrected chi connectivity index (χ0v) is 24.4. The second kappa shape index (κ2) is 20.6. The van der Waals surface area contributed by atoms with E-state index in [1.54, 1.807) is 54.2 Å². The van der Waals surface area contributed by atoms with Crippen LogP contribution in [0.15, 0.2) is 53.8 Å². The smallest absolute Gasteiger partial charge is 0.513 e. The first kappa shape index (κ1) is 34.7. The first-order valence-corrected chi connectivity index (χ1v) is 13.1. The van der Waals surface area contributed by atoms with Gasteiger partial charge in [0.05, 0.1) is 32.1 Å². The molecule has 1 heterocycles. The van der Waals surface area contributed by atoms with Gasteiger partial charge in [-0.25, -0.2) is 4.79 Å². The average Bonchev–Trinajstić information content (AvgIpc) is 2.93. The van der Waals surface area contributed by atoms with Crippen LogP contribution in [0.1, 0.15) is 38.8 Å². The van der Waals surface area contributed by atoms with Gasteiger partial charge in [-0.05, 0) is 37.1 Å². The van der Waals surface area contributed by atoms with Gasteiger partial charge in [0.2, 0.25) is 12.2 Å². The number of guanidine groups is 1. The molecule has 2 N–H and O–H groups in total. The molecule has 0 aliphatic carbocycles. The molecule has 0 fully saturated rings. The van der Waals surface area contributed by atoms with Crippen LogP contribution in [0.2, 0.25) is 5.02 Å². The van der Waals surface area contributed by atoms with Crippen LogP contribution < -0.4 is 32.3 Å². The summed E-state index contributed by atoms with van der Waals surface area (Å²) in [7, 11) is 1.58. The molecule has 220 valence electrons. The maximum atomic E-state index is 11.9. The van der Waals surface area contributed by atoms with E-state index in [1.807, 2.05) is 24.3 Å². The van der Waals surface area contributed by atoms with Crippen LogP contribution in [0.5, 0.6) is 5.75 Å². The minimum Gasteiger partial charge on any atom is -1.00 e. The number of hydrogen-bond acceptors (Lipinski definition) is 8. The highest BCUT2D eigenvalue weighted by Gasteiger charge is 2.20. The van der Waals surface area contributed by atoms with E-state index in [4.69, 9.17) is 46.3 Å². The molecule has 0 amide bonds. The van der Waals surface area contributed by atoms with Crippen molar-refractivity contribution in [3.8, 4) is 11.9 Å². The largest absolute Gasteiger partial charge is 1.00 e. The first-order valence-electron chi connectivity index (χ1n) is 12.7. The van der Waals surface area contributed by atoms with Crippen LogP contribution in [-0.4, -0.2) is 58.8 Å². The number of nitriles is 1. The van der Waals surface area contributed by atoms with Crippen LogP contribution >= 0.6 is 11.6 Å². The summed E-state index contributed by atoms with van der Waals surface area (Å²) < 4.78 is 27.9. The van der Waals surface area contributed by atoms with Gasteiger partial charge in [-0.3, -0.25) is 0 Å². The fraction of sp³-hybridized carbons (Fsp3) is 0.481. The predicted molar refractivity (Wildman–Crippen MR) is 146 cm³/mol. The maximum Gasteiger partial charge on any atom is 0.513 e. The van der Waals surface area contributed by atoms with Gasteiger partial charge in [0.1, 0.15) is 12.4 Å². The number of nitrogens with two attached hydrogens (primary N) is 1. The molecule has 0 saturated heterocycles. The Bertz CT molecular complexity index is 1050. The van der Waals surface area contributed by atoms with Crippen molar-refractivity contribution >= 4 is 29.4 Å². The molecule has 1 aromatic carbocycles. The topological polar surface area (TPSA) is 133 Å². The molecule has 0 aliphatic heterocycles. The van der Waals surface area contributed by atoms with Crippen molar-refractivity contribution < 1.29 is 45.5 Å². The summed E-state index contributed by atoms with van der Waals surface area (Å²) in [6, 6.07) is 10.9. The molecule has 0 saturated carbocycles. The molecular formula is C27H37Cl2N5O6. The van der Waals surface area contributed by atoms with Crippen molar-refractivity contribution in [3.63, 3.8) is 0 Å². The molecule has 2 aromatic rings. The number of aliphatic imine (C=N–C) groups is 1. The average molecular weight is 599 g/mol. The minimum absolute atomic E-state index is 0. The Morgan fingerprint density at radius 2 is 1.73 bits per heavy atom. The van der Waals surface area contributed by atoms with E-state index in [-0.39, 0.29) is 31.6 Å². The normalized spacial score (nSPS) is 11.6. The Morgan fingerprint density at radius 1 is 1.05 bits per heavy atom. The summed E-state index contributed by atoms with van der Waals surface area (Å²) in [6.45, 7) is 4.17. The first-order chi connectivity index (χ1) is 18.9. The molecule has 1 unspecified atom stereocenters. The number of aromatic nitrogens is 1. The van der Waals surface area contributed by atoms with E-state index in [2.05, 4.69) is 4.99 Å². The molecule has 40 heavy (non-hydrogen) atoms. The quantitative estimate of drug-likeness (QED) is 0.0713. The predicted octanol–water partition coefficient (Wildman–Crippen LogP) is 1.21. The standard InChI is InChI=1S/C27H37ClN5O6.ClH/c1-22(39-27(34)38-20-19-36-18-17-35-2)32-14-11-24(12-15-32)33(26(30)31-21-29)13-5-3-4-6-16-37-25-9-7-23(28)8-10-25;/h7-12,14-15,22H,3-6,13,16-20H2,1-2H3,(H2,30,31);1H/q+1;/p-1. The number of anilines is 1. The van der Waals surface area contributed by atoms with E-state index in [0.29, 0.717) is 31.4 Å². The molecule has 11 nitrogen and oxygen atoms in total. The number of rotatable bonds is 17. The van der Waals surface area contributed by atoms with Crippen LogP contribution in [0.3, 0.4) is 0 Å². The number of benzene rings is 1. The van der Waals surface area contributed by atoms with Crippen molar-refractivity contribution in [2.75, 3.05) is 51.6 Å². The highest BCUT2D eigenvalue weighted by atomic mass is 35.5. The zero-order valence-electron chi connectivity index (χ0n) is 22.8. The summed E-state index contributed by atoms with van der Waals surface area (Å²) in [5, 5.41) is 9.66. The molecule has 1 aromatic heterocycles. The Balaban J connectivity index is 0.00000800. The van der Waals surface area contributed by atoms with Crippen molar-refractivity contribution in [1.82, 2.24) is 0 Å². The van der Waals surface area contributed by atoms with Crippen LogP contribution in [-0.2, 0) is 18.9 Å². The summed E-state index contributed by atoms with van der Waals surface area (Å²) in [6.07, 6.45) is 7.55. The fourth-order valence-electron chi connectivity index (χ4n) is 3.45. The number of carbonyl (C=O) groups is 1. The highest BCUT2D eigenvalue weighted by Crippen LogP contribution is 2.17. The third-order valence-corrected chi connectivity index (χ3v) is 5.76. The number of ether oxygens (including phenoxy) is 5. The number of carbonyl (C=O) groups excluding carboxylic acids is 1. The summed E-state index contributed by atoms with van der Waals surface area (Å²) in [4.78, 5) is 17.4. The molecule has 0 bridgehead atoms. The lowest BCUT2D eigenvalue weighted by atomic mass is 10.2. The molecule has 0 aliphatic rings. The summed E-state index contributed by atoms with van der Waals surface area (Å²) in [5.41, 5.74) is 6.82. The van der Waals surface area contributed by atoms with Crippen molar-refractivity contribution in [3.05, 3.63) is 53.8 Å². The van der Waals surface area contributed by atoms with Crippen molar-refractivity contribution in [2.24, 2.45) is 10.7 Å². The summed E-state index contributed by atoms with van der Waals surface area (Å²) in [5.74, 6) is 0.911. The molecule has 0 radical (unpaired) electrons. The van der Waals surface area contributed by atoms with E-state index in [9.17, 15) is 4.79 Å². The van der Waals surface area contributed by atoms with Crippen molar-refractivity contribution in [1.29, 1.82) is 5.26 Å². The second-order valence-electron chi connectivity index (χ2n) is 8.36. The van der Waals surface area contributed by atoms with Crippen molar-refractivity contribution in [2.45, 2.75) is 38.8 Å². The molecule has 13 heteroatoms. The van der Waals surface area contributed by atoms with Gasteiger partial charge in [0, 0.05) is 37.7 Å². The maximum absolute atomic E-state index is 11.9. The number of halogens is 2. The van der Waals surface area contributed by atoms with E-state index < -0.39 is 12.4 Å². The van der Waals surface area contributed by atoms with Gasteiger partial charge < -0.3 is 46.7 Å². The molecule has 2 rings (SSSR count). The Kier molecular flexibility index (Phi) is 17.9. The number of pyridine rings is 1. The monoisotopic (exact) mass is 597 g/mol. The van der Waals surface area contributed by atoms with Gasteiger partial charge in [-0.15, -0.1) is 4.99 Å². The van der Waals surface area contributed by atoms with Crippen LogP contribution in [0.4, 0.5) is 10.5 Å². The Labute approximate surface area is 246 Å². The van der Waals surface area contributed by atoms with Gasteiger partial charge in [0.15, 0.2) is 12.4 Å². The fourth-order valence-corrected chi connectivity index (χ4v) is 3.57. The van der Waals surface area contributed by atoms with Gasteiger partial charge in [-0.2, -0.15) is 9.83 Å². The van der Waals surface area contributed by atoms with E-state index in [0.717, 1.165) is 37.1 Å². The SMILES string of the molecule is COCCOCCOC(=O)OC(C)[n+]1ccc(N(CCCCCCOc2ccc(Cl)cc2)C(N)=NC#N)cc1.[Cl-]. The van der Waals surface area contributed by atoms with E-state index in [1.165, 1.54) is 0 Å². The van der Waals surface area contributed by atoms with Gasteiger partial charge >= 0.3 is 12.4 Å². The summed E-state index contributed by atoms with van der Waals surface area (Å²) >= 11 is 5.89.